The highest BCUT2D eigenvalue weighted by atomic mass is 32.2. The summed E-state index contributed by atoms with van der Waals surface area (Å²) in [6.07, 6.45) is 5.33. The Labute approximate surface area is 126 Å². The van der Waals surface area contributed by atoms with Crippen molar-refractivity contribution in [2.75, 3.05) is 6.54 Å². The fourth-order valence-corrected chi connectivity index (χ4v) is 5.79. The Balaban J connectivity index is 2.02. The first kappa shape index (κ1) is 14.6. The van der Waals surface area contributed by atoms with Crippen LogP contribution in [0.15, 0.2) is 23.1 Å². The van der Waals surface area contributed by atoms with Gasteiger partial charge < -0.3 is 0 Å². The second-order valence-electron chi connectivity index (χ2n) is 6.11. The van der Waals surface area contributed by atoms with Crippen molar-refractivity contribution in [2.24, 2.45) is 5.92 Å². The Morgan fingerprint density at radius 1 is 1.24 bits per heavy atom. The summed E-state index contributed by atoms with van der Waals surface area (Å²) in [5, 5.41) is 9.02. The van der Waals surface area contributed by atoms with Crippen LogP contribution in [0.3, 0.4) is 0 Å². The number of nitrogens with zero attached hydrogens (tertiary/aromatic N) is 2. The Hall–Kier alpha value is -1.38. The van der Waals surface area contributed by atoms with Crippen LogP contribution >= 0.6 is 0 Å². The summed E-state index contributed by atoms with van der Waals surface area (Å²) in [6, 6.07) is 7.10. The van der Waals surface area contributed by atoms with Gasteiger partial charge in [-0.05, 0) is 56.2 Å². The number of fused-ring (bicyclic) bond motifs is 1. The van der Waals surface area contributed by atoms with Gasteiger partial charge in [0.05, 0.1) is 16.5 Å². The van der Waals surface area contributed by atoms with Crippen LogP contribution in [-0.2, 0) is 10.0 Å². The van der Waals surface area contributed by atoms with E-state index in [1.807, 2.05) is 6.07 Å². The Morgan fingerprint density at radius 3 is 2.76 bits per heavy atom. The lowest BCUT2D eigenvalue weighted by molar-refractivity contribution is 0.202. The molecule has 112 valence electrons. The van der Waals surface area contributed by atoms with Crippen LogP contribution in [0.5, 0.6) is 0 Å². The number of rotatable bonds is 2. The van der Waals surface area contributed by atoms with Crippen molar-refractivity contribution in [3.05, 3.63) is 29.3 Å². The molecule has 0 bridgehead atoms. The van der Waals surface area contributed by atoms with Gasteiger partial charge in [-0.3, -0.25) is 0 Å². The average molecular weight is 304 g/mol. The third-order valence-corrected chi connectivity index (χ3v) is 6.91. The number of aryl methyl sites for hydroxylation is 1. The van der Waals surface area contributed by atoms with Crippen LogP contribution < -0.4 is 0 Å². The molecule has 5 heteroatoms. The Kier molecular flexibility index (Phi) is 3.76. The SMILES string of the molecule is Cc1ccc(C#N)cc1S(=O)(=O)N1CCCC2CCCC21. The van der Waals surface area contributed by atoms with Gasteiger partial charge in [-0.2, -0.15) is 9.57 Å². The lowest BCUT2D eigenvalue weighted by Crippen LogP contribution is -2.46. The first-order valence-electron chi connectivity index (χ1n) is 7.56. The third-order valence-electron chi connectivity index (χ3n) is 4.85. The molecular weight excluding hydrogens is 284 g/mol. The highest BCUT2D eigenvalue weighted by Gasteiger charge is 2.41. The number of nitriles is 1. The first-order chi connectivity index (χ1) is 10.0. The molecule has 1 heterocycles. The van der Waals surface area contributed by atoms with E-state index in [4.69, 9.17) is 5.26 Å². The zero-order chi connectivity index (χ0) is 15.0. The van der Waals surface area contributed by atoms with E-state index in [0.717, 1.165) is 32.1 Å². The first-order valence-corrected chi connectivity index (χ1v) is 9.00. The Bertz CT molecular complexity index is 691. The summed E-state index contributed by atoms with van der Waals surface area (Å²) in [6.45, 7) is 2.41. The molecule has 1 saturated heterocycles. The summed E-state index contributed by atoms with van der Waals surface area (Å²) >= 11 is 0. The molecular formula is C16H20N2O2S. The van der Waals surface area contributed by atoms with E-state index >= 15 is 0 Å². The lowest BCUT2D eigenvalue weighted by Gasteiger charge is -2.36. The fourth-order valence-electron chi connectivity index (χ4n) is 3.78. The molecule has 0 N–H and O–H groups in total. The molecule has 1 aliphatic heterocycles. The average Bonchev–Trinajstić information content (AvgIpc) is 2.95. The summed E-state index contributed by atoms with van der Waals surface area (Å²) < 4.78 is 27.8. The predicted octanol–water partition coefficient (Wildman–Crippen LogP) is 2.82. The van der Waals surface area contributed by atoms with Crippen LogP contribution in [-0.4, -0.2) is 25.3 Å². The van der Waals surface area contributed by atoms with Crippen molar-refractivity contribution in [3.63, 3.8) is 0 Å². The molecule has 0 amide bonds. The largest absolute Gasteiger partial charge is 0.243 e. The summed E-state index contributed by atoms with van der Waals surface area (Å²) in [4.78, 5) is 0.300. The van der Waals surface area contributed by atoms with E-state index < -0.39 is 10.0 Å². The number of sulfonamides is 1. The van der Waals surface area contributed by atoms with Gasteiger partial charge in [0, 0.05) is 12.6 Å². The minimum absolute atomic E-state index is 0.161. The number of piperidine rings is 1. The molecule has 2 unspecified atom stereocenters. The third kappa shape index (κ3) is 2.47. The van der Waals surface area contributed by atoms with Crippen LogP contribution in [0.25, 0.3) is 0 Å². The number of hydrogen-bond donors (Lipinski definition) is 0. The molecule has 2 fully saturated rings. The van der Waals surface area contributed by atoms with E-state index in [-0.39, 0.29) is 6.04 Å². The molecule has 21 heavy (non-hydrogen) atoms. The van der Waals surface area contributed by atoms with E-state index in [1.54, 1.807) is 23.4 Å². The zero-order valence-corrected chi connectivity index (χ0v) is 13.1. The highest BCUT2D eigenvalue weighted by Crippen LogP contribution is 2.39. The van der Waals surface area contributed by atoms with E-state index in [9.17, 15) is 8.42 Å². The maximum atomic E-state index is 13.0. The van der Waals surface area contributed by atoms with Gasteiger partial charge in [-0.1, -0.05) is 12.5 Å². The van der Waals surface area contributed by atoms with Crippen molar-refractivity contribution in [1.29, 1.82) is 5.26 Å². The normalized spacial score (nSPS) is 26.3. The molecule has 0 aromatic heterocycles. The van der Waals surface area contributed by atoms with Crippen LogP contribution in [0, 0.1) is 24.2 Å². The topological polar surface area (TPSA) is 61.2 Å². The minimum atomic E-state index is -3.50. The molecule has 2 aliphatic rings. The van der Waals surface area contributed by atoms with Crippen molar-refractivity contribution < 1.29 is 8.42 Å². The molecule has 2 atom stereocenters. The second kappa shape index (κ2) is 5.43. The monoisotopic (exact) mass is 304 g/mol. The highest BCUT2D eigenvalue weighted by molar-refractivity contribution is 7.89. The van der Waals surface area contributed by atoms with Gasteiger partial charge in [-0.25, -0.2) is 8.42 Å². The summed E-state index contributed by atoms with van der Waals surface area (Å²) in [5.74, 6) is 0.521. The van der Waals surface area contributed by atoms with Gasteiger partial charge in [0.15, 0.2) is 0 Å². The molecule has 1 aliphatic carbocycles. The second-order valence-corrected chi connectivity index (χ2v) is 7.97. The van der Waals surface area contributed by atoms with Gasteiger partial charge in [0.1, 0.15) is 0 Å². The van der Waals surface area contributed by atoms with Gasteiger partial charge in [-0.15, -0.1) is 0 Å². The van der Waals surface area contributed by atoms with Crippen LogP contribution in [0.1, 0.15) is 43.2 Å². The quantitative estimate of drug-likeness (QED) is 0.844. The van der Waals surface area contributed by atoms with Crippen molar-refractivity contribution in [1.82, 2.24) is 4.31 Å². The smallest absolute Gasteiger partial charge is 0.207 e. The standard InChI is InChI=1S/C16H20N2O2S/c1-12-7-8-13(11-17)10-16(12)21(19,20)18-9-3-5-14-4-2-6-15(14)18/h7-8,10,14-15H,2-6,9H2,1H3. The molecule has 0 radical (unpaired) electrons. The van der Waals surface area contributed by atoms with Gasteiger partial charge >= 0.3 is 0 Å². The summed E-state index contributed by atoms with van der Waals surface area (Å²) in [5.41, 5.74) is 1.12. The van der Waals surface area contributed by atoms with Crippen molar-refractivity contribution >= 4 is 10.0 Å². The maximum absolute atomic E-state index is 13.0. The molecule has 3 rings (SSSR count). The predicted molar refractivity (Wildman–Crippen MR) is 80.1 cm³/mol. The van der Waals surface area contributed by atoms with Crippen molar-refractivity contribution in [2.45, 2.75) is 50.0 Å². The van der Waals surface area contributed by atoms with E-state index in [1.165, 1.54) is 6.07 Å². The van der Waals surface area contributed by atoms with E-state index in [2.05, 4.69) is 0 Å². The fraction of sp³-hybridized carbons (Fsp3) is 0.562. The maximum Gasteiger partial charge on any atom is 0.243 e. The zero-order valence-electron chi connectivity index (χ0n) is 12.2. The van der Waals surface area contributed by atoms with Crippen molar-refractivity contribution in [3.8, 4) is 6.07 Å². The van der Waals surface area contributed by atoms with Crippen LogP contribution in [0.4, 0.5) is 0 Å². The van der Waals surface area contributed by atoms with E-state index in [0.29, 0.717) is 28.5 Å². The molecule has 4 nitrogen and oxygen atoms in total. The minimum Gasteiger partial charge on any atom is -0.207 e. The Morgan fingerprint density at radius 2 is 2.00 bits per heavy atom. The van der Waals surface area contributed by atoms with Gasteiger partial charge in [0.2, 0.25) is 10.0 Å². The number of hydrogen-bond acceptors (Lipinski definition) is 3. The molecule has 0 spiro atoms. The van der Waals surface area contributed by atoms with Crippen LogP contribution in [0.2, 0.25) is 0 Å². The summed E-state index contributed by atoms with van der Waals surface area (Å²) in [7, 11) is -3.50. The molecule has 1 saturated carbocycles. The molecule has 1 aromatic carbocycles. The molecule has 1 aromatic rings. The lowest BCUT2D eigenvalue weighted by atomic mass is 9.94. The van der Waals surface area contributed by atoms with Gasteiger partial charge in [0.25, 0.3) is 0 Å². The number of benzene rings is 1.